The Bertz CT molecular complexity index is 1420. The van der Waals surface area contributed by atoms with Crippen LogP contribution in [0.5, 0.6) is 0 Å². The van der Waals surface area contributed by atoms with E-state index in [4.69, 9.17) is 20.9 Å². The van der Waals surface area contributed by atoms with Gasteiger partial charge in [-0.2, -0.15) is 18.4 Å². The molecule has 39 heavy (non-hydrogen) atoms. The van der Waals surface area contributed by atoms with E-state index in [-0.39, 0.29) is 34.5 Å². The molecule has 12 nitrogen and oxygen atoms in total. The number of Topliss-reactive ketones (excluding diaryl/α,β-unsaturated/α-hetero) is 1. The van der Waals surface area contributed by atoms with E-state index in [0.717, 1.165) is 19.3 Å². The smallest absolute Gasteiger partial charge is 0.272 e. The number of carbonyl (C=O) groups excluding carboxylic acids is 1. The van der Waals surface area contributed by atoms with E-state index >= 15 is 0 Å². The fourth-order valence-electron chi connectivity index (χ4n) is 8.78. The fourth-order valence-corrected chi connectivity index (χ4v) is 9.49. The van der Waals surface area contributed by atoms with Crippen LogP contribution in [0.4, 0.5) is 5.82 Å². The van der Waals surface area contributed by atoms with Crippen molar-refractivity contribution in [3.05, 3.63) is 11.6 Å². The van der Waals surface area contributed by atoms with Crippen molar-refractivity contribution in [1.82, 2.24) is 19.5 Å². The number of carbonyl (C=O) groups is 1. The highest BCUT2D eigenvalue weighted by molar-refractivity contribution is 7.86. The van der Waals surface area contributed by atoms with E-state index in [9.17, 15) is 23.4 Å². The number of aliphatic hydroxyl groups is 2. The summed E-state index contributed by atoms with van der Waals surface area (Å²) in [6, 6.07) is 0. The summed E-state index contributed by atoms with van der Waals surface area (Å²) >= 11 is 6.37. The summed E-state index contributed by atoms with van der Waals surface area (Å²) in [6.07, 6.45) is 3.34. The van der Waals surface area contributed by atoms with E-state index in [2.05, 4.69) is 34.1 Å². The molecule has 4 N–H and O–H groups in total. The SMILES string of the molecule is C[C@]12CC3CC(Nc4nc(Cl)nc5c4ncn5[C@@H]4O[C@H](CCC(=O)CS(=O)(=O)O)C(O)C4O)(C1)C[C@@](C)(C3)C2. The maximum atomic E-state index is 11.9. The third-order valence-electron chi connectivity index (χ3n) is 9.07. The highest BCUT2D eigenvalue weighted by atomic mass is 35.5. The molecule has 0 radical (unpaired) electrons. The molecule has 3 heterocycles. The molecule has 4 unspecified atom stereocenters. The predicted molar refractivity (Wildman–Crippen MR) is 141 cm³/mol. The maximum absolute atomic E-state index is 11.9. The lowest BCUT2D eigenvalue weighted by atomic mass is 9.43. The first-order valence-electron chi connectivity index (χ1n) is 13.3. The van der Waals surface area contributed by atoms with Crippen LogP contribution >= 0.6 is 11.6 Å². The van der Waals surface area contributed by atoms with Crippen molar-refractivity contribution < 1.29 is 32.7 Å². The van der Waals surface area contributed by atoms with Gasteiger partial charge in [-0.15, -0.1) is 0 Å². The second-order valence-electron chi connectivity index (χ2n) is 13.1. The van der Waals surface area contributed by atoms with Crippen LogP contribution in [0.3, 0.4) is 0 Å². The van der Waals surface area contributed by atoms with E-state index < -0.39 is 46.2 Å². The number of halogens is 1. The van der Waals surface area contributed by atoms with Crippen LogP contribution in [0.15, 0.2) is 6.33 Å². The minimum Gasteiger partial charge on any atom is -0.388 e. The predicted octanol–water partition coefficient (Wildman–Crippen LogP) is 2.50. The van der Waals surface area contributed by atoms with Crippen molar-refractivity contribution in [3.63, 3.8) is 0 Å². The monoisotopic (exact) mass is 583 g/mol. The zero-order chi connectivity index (χ0) is 28.0. The number of anilines is 1. The average Bonchev–Trinajstić information content (AvgIpc) is 3.29. The first-order valence-corrected chi connectivity index (χ1v) is 15.3. The summed E-state index contributed by atoms with van der Waals surface area (Å²) in [5, 5.41) is 25.1. The van der Waals surface area contributed by atoms with E-state index in [1.807, 2.05) is 0 Å². The Balaban J connectivity index is 1.25. The summed E-state index contributed by atoms with van der Waals surface area (Å²) < 4.78 is 38.2. The highest BCUT2D eigenvalue weighted by Gasteiger charge is 2.60. The van der Waals surface area contributed by atoms with Crippen LogP contribution in [0.1, 0.15) is 71.4 Å². The second-order valence-corrected chi connectivity index (χ2v) is 14.8. The maximum Gasteiger partial charge on any atom is 0.272 e. The zero-order valence-corrected chi connectivity index (χ0v) is 23.5. The van der Waals surface area contributed by atoms with Crippen LogP contribution in [0.2, 0.25) is 5.28 Å². The molecule has 4 bridgehead atoms. The van der Waals surface area contributed by atoms with E-state index in [1.54, 1.807) is 0 Å². The molecule has 14 heteroatoms. The number of imidazole rings is 1. The van der Waals surface area contributed by atoms with Crippen LogP contribution in [-0.4, -0.2) is 78.1 Å². The Morgan fingerprint density at radius 3 is 2.49 bits per heavy atom. The number of hydrogen-bond acceptors (Lipinski definition) is 10. The molecule has 0 spiro atoms. The van der Waals surface area contributed by atoms with Crippen molar-refractivity contribution in [2.75, 3.05) is 11.1 Å². The Labute approximate surface area is 231 Å². The third-order valence-corrected chi connectivity index (χ3v) is 9.92. The Morgan fingerprint density at radius 2 is 1.85 bits per heavy atom. The molecule has 7 rings (SSSR count). The molecule has 5 aliphatic rings. The lowest BCUT2D eigenvalue weighted by Crippen LogP contribution is -2.61. The molecule has 2 aromatic heterocycles. The van der Waals surface area contributed by atoms with Gasteiger partial charge in [0, 0.05) is 12.0 Å². The largest absolute Gasteiger partial charge is 0.388 e. The van der Waals surface area contributed by atoms with Gasteiger partial charge in [0.25, 0.3) is 10.1 Å². The van der Waals surface area contributed by atoms with Gasteiger partial charge < -0.3 is 20.3 Å². The van der Waals surface area contributed by atoms with Gasteiger partial charge in [0.2, 0.25) is 5.28 Å². The molecule has 4 saturated carbocycles. The summed E-state index contributed by atoms with van der Waals surface area (Å²) in [7, 11) is -4.44. The van der Waals surface area contributed by atoms with Gasteiger partial charge in [-0.25, -0.2) is 4.98 Å². The molecule has 2 aromatic rings. The van der Waals surface area contributed by atoms with Gasteiger partial charge in [-0.05, 0) is 73.3 Å². The molecule has 1 aliphatic heterocycles. The Hall–Kier alpha value is -1.90. The number of fused-ring (bicyclic) bond motifs is 1. The molecule has 0 aromatic carbocycles. The lowest BCUT2D eigenvalue weighted by Gasteiger charge is -2.65. The van der Waals surface area contributed by atoms with Gasteiger partial charge in [0.05, 0.1) is 12.4 Å². The van der Waals surface area contributed by atoms with Crippen molar-refractivity contribution in [3.8, 4) is 0 Å². The minimum absolute atomic E-state index is 0.00861. The van der Waals surface area contributed by atoms with Crippen LogP contribution in [-0.2, 0) is 19.6 Å². The number of aliphatic hydroxyl groups excluding tert-OH is 2. The molecule has 1 saturated heterocycles. The Kier molecular flexibility index (Phi) is 6.33. The summed E-state index contributed by atoms with van der Waals surface area (Å²) in [6.45, 7) is 4.78. The number of ether oxygens (including phenoxy) is 1. The normalized spacial score (nSPS) is 39.5. The van der Waals surface area contributed by atoms with Crippen molar-refractivity contribution >= 4 is 44.5 Å². The topological polar surface area (TPSA) is 177 Å². The van der Waals surface area contributed by atoms with Crippen molar-refractivity contribution in [2.24, 2.45) is 16.7 Å². The van der Waals surface area contributed by atoms with Gasteiger partial charge in [0.15, 0.2) is 23.2 Å². The standard InChI is InChI=1S/C25H34ClN5O7S/c1-23-5-13-6-24(2,9-23)11-25(7-13,10-23)30-19-16-20(29-22(26)28-19)31(12-27-16)21-18(34)17(33)15(38-21)4-3-14(32)8-39(35,36)37/h12-13,15,17-18,21,33-34H,3-11H2,1-2H3,(H,28,29,30)(H,35,36,37)/t13?,15-,17?,18?,21-,23-,24+,25?/m1/s1. The zero-order valence-electron chi connectivity index (χ0n) is 21.9. The van der Waals surface area contributed by atoms with E-state index in [0.29, 0.717) is 22.9 Å². The van der Waals surface area contributed by atoms with Crippen LogP contribution in [0.25, 0.3) is 11.2 Å². The molecule has 214 valence electrons. The number of nitrogens with one attached hydrogen (secondary N) is 1. The molecular formula is C25H34ClN5O7S. The highest BCUT2D eigenvalue weighted by Crippen LogP contribution is 2.67. The minimum atomic E-state index is -4.44. The number of rotatable bonds is 8. The summed E-state index contributed by atoms with van der Waals surface area (Å²) in [5.74, 6) is -0.543. The van der Waals surface area contributed by atoms with Gasteiger partial charge in [-0.1, -0.05) is 13.8 Å². The van der Waals surface area contributed by atoms with E-state index in [1.165, 1.54) is 30.2 Å². The first-order chi connectivity index (χ1) is 18.2. The number of nitrogens with zero attached hydrogens (tertiary/aromatic N) is 4. The quantitative estimate of drug-likeness (QED) is 0.265. The fraction of sp³-hybridized carbons (Fsp3) is 0.760. The molecule has 5 fully saturated rings. The van der Waals surface area contributed by atoms with Gasteiger partial charge >= 0.3 is 0 Å². The molecule has 8 atom stereocenters. The van der Waals surface area contributed by atoms with Gasteiger partial charge in [-0.3, -0.25) is 13.9 Å². The summed E-state index contributed by atoms with van der Waals surface area (Å²) in [4.78, 5) is 25.3. The summed E-state index contributed by atoms with van der Waals surface area (Å²) in [5.41, 5.74) is 1.26. The van der Waals surface area contributed by atoms with Crippen molar-refractivity contribution in [1.29, 1.82) is 0 Å². The Morgan fingerprint density at radius 1 is 1.15 bits per heavy atom. The number of aromatic nitrogens is 4. The third kappa shape index (κ3) is 5.06. The molecule has 4 aliphatic carbocycles. The number of ketones is 1. The number of hydrogen-bond donors (Lipinski definition) is 4. The first kappa shape index (κ1) is 27.3. The molecular weight excluding hydrogens is 550 g/mol. The average molecular weight is 584 g/mol. The second kappa shape index (κ2) is 9.05. The molecule has 0 amide bonds. The van der Waals surface area contributed by atoms with Gasteiger partial charge in [0.1, 0.15) is 23.7 Å². The van der Waals surface area contributed by atoms with Crippen molar-refractivity contribution in [2.45, 2.75) is 95.3 Å². The van der Waals surface area contributed by atoms with Crippen LogP contribution in [0, 0.1) is 16.7 Å². The lowest BCUT2D eigenvalue weighted by molar-refractivity contribution is -0.118. The van der Waals surface area contributed by atoms with Crippen LogP contribution < -0.4 is 5.32 Å².